The molecular weight excluding hydrogens is 456 g/mol. The van der Waals surface area contributed by atoms with E-state index in [1.54, 1.807) is 0 Å². The average molecular weight is 488 g/mol. The van der Waals surface area contributed by atoms with Crippen molar-refractivity contribution in [2.24, 2.45) is 0 Å². The van der Waals surface area contributed by atoms with Gasteiger partial charge in [-0.25, -0.2) is 0 Å². The quantitative estimate of drug-likeness (QED) is 0.268. The minimum atomic E-state index is 0. The summed E-state index contributed by atoms with van der Waals surface area (Å²) in [6.07, 6.45) is 17.8. The Kier molecular flexibility index (Phi) is 11.0. The third-order valence-corrected chi connectivity index (χ3v) is 5.63. The van der Waals surface area contributed by atoms with Gasteiger partial charge in [-0.2, -0.15) is 0 Å². The van der Waals surface area contributed by atoms with E-state index in [0.29, 0.717) is 0 Å². The molecule has 0 aliphatic heterocycles. The van der Waals surface area contributed by atoms with E-state index in [1.165, 1.54) is 11.1 Å². The first kappa shape index (κ1) is 28.3. The second-order valence-electron chi connectivity index (χ2n) is 8.66. The topological polar surface area (TPSA) is 20.2 Å². The standard InChI is InChI=1S/C27H27O.C5H5.Fe/c1-17-13-19(3)25(20(4)14-17)27(24(28)12-11-23-9-7-8-10-23)26-21(5)15-18(2)16-22(26)6;1-2-4-5-3-1;/h7-10,13-16,28H,1-6H3;1-5H;/q;;+2. The molecule has 34 heavy (non-hydrogen) atoms. The number of allylic oxidation sites excluding steroid dienone is 1. The zero-order valence-corrected chi connectivity index (χ0v) is 21.9. The Morgan fingerprint density at radius 3 is 1.29 bits per heavy atom. The molecule has 0 bridgehead atoms. The molecule has 1 nitrogen and oxygen atoms in total. The van der Waals surface area contributed by atoms with Crippen molar-refractivity contribution in [1.29, 1.82) is 0 Å². The van der Waals surface area contributed by atoms with Crippen LogP contribution >= 0.6 is 0 Å². The van der Waals surface area contributed by atoms with E-state index in [4.69, 9.17) is 0 Å². The van der Waals surface area contributed by atoms with Gasteiger partial charge in [0.1, 0.15) is 0 Å². The molecule has 10 radical (unpaired) electrons. The van der Waals surface area contributed by atoms with Crippen molar-refractivity contribution < 1.29 is 22.2 Å². The number of hydrogen-bond acceptors (Lipinski definition) is 1. The number of aryl methyl sites for hydroxylation is 6. The van der Waals surface area contributed by atoms with Gasteiger partial charge in [-0.15, -0.1) is 0 Å². The SMILES string of the molecule is Cc1cc(C)c(C(=C(O)C#C[C]2[CH][CH][CH][CH]2)c2c(C)cc(C)cc2C)c(C)c1.[CH]1[CH][CH][CH][CH]1.[Fe+2]. The van der Waals surface area contributed by atoms with Crippen molar-refractivity contribution in [3.05, 3.63) is 138 Å². The molecule has 2 heteroatoms. The molecule has 2 saturated carbocycles. The average Bonchev–Trinajstić information content (AvgIpc) is 3.46. The molecule has 172 valence electrons. The number of aliphatic hydroxyl groups excluding tert-OH is 1. The zero-order chi connectivity index (χ0) is 24.0. The molecule has 2 fully saturated rings. The first-order valence-corrected chi connectivity index (χ1v) is 11.3. The Hall–Kier alpha value is -1.94. The minimum Gasteiger partial charge on any atom is -0.500 e. The van der Waals surface area contributed by atoms with E-state index in [-0.39, 0.29) is 22.8 Å². The first-order chi connectivity index (χ1) is 15.8. The Labute approximate surface area is 218 Å². The second kappa shape index (κ2) is 13.2. The van der Waals surface area contributed by atoms with Gasteiger partial charge < -0.3 is 5.11 Å². The molecule has 2 aromatic carbocycles. The predicted molar refractivity (Wildman–Crippen MR) is 140 cm³/mol. The van der Waals surface area contributed by atoms with Crippen molar-refractivity contribution in [2.75, 3.05) is 0 Å². The van der Waals surface area contributed by atoms with Crippen LogP contribution in [0.5, 0.6) is 0 Å². The van der Waals surface area contributed by atoms with Crippen LogP contribution in [0.1, 0.15) is 44.5 Å². The summed E-state index contributed by atoms with van der Waals surface area (Å²) < 4.78 is 0. The maximum atomic E-state index is 11.2. The van der Waals surface area contributed by atoms with E-state index >= 15 is 0 Å². The van der Waals surface area contributed by atoms with Gasteiger partial charge in [-0.1, -0.05) is 41.3 Å². The number of benzene rings is 2. The summed E-state index contributed by atoms with van der Waals surface area (Å²) in [7, 11) is 0. The van der Waals surface area contributed by atoms with Crippen molar-refractivity contribution in [3.63, 3.8) is 0 Å². The van der Waals surface area contributed by atoms with Crippen LogP contribution in [0.15, 0.2) is 30.0 Å². The Bertz CT molecular complexity index is 957. The fourth-order valence-corrected chi connectivity index (χ4v) is 4.48. The van der Waals surface area contributed by atoms with E-state index in [2.05, 4.69) is 77.6 Å². The molecule has 0 unspecified atom stereocenters. The minimum absolute atomic E-state index is 0. The van der Waals surface area contributed by atoms with Crippen LogP contribution in [-0.4, -0.2) is 5.11 Å². The monoisotopic (exact) mass is 488 g/mol. The van der Waals surface area contributed by atoms with Crippen LogP contribution < -0.4 is 0 Å². The molecule has 1 N–H and O–H groups in total. The predicted octanol–water partition coefficient (Wildman–Crippen LogP) is 7.28. The van der Waals surface area contributed by atoms with Crippen LogP contribution in [-0.2, 0) is 17.1 Å². The van der Waals surface area contributed by atoms with Gasteiger partial charge in [-0.3, -0.25) is 0 Å². The Morgan fingerprint density at radius 1 is 0.588 bits per heavy atom. The molecule has 0 aromatic heterocycles. The van der Waals surface area contributed by atoms with Gasteiger partial charge in [0, 0.05) is 5.57 Å². The zero-order valence-electron chi connectivity index (χ0n) is 20.8. The summed E-state index contributed by atoms with van der Waals surface area (Å²) in [5.41, 5.74) is 9.98. The fourth-order valence-electron chi connectivity index (χ4n) is 4.48. The maximum absolute atomic E-state index is 11.2. The van der Waals surface area contributed by atoms with Crippen LogP contribution in [0.3, 0.4) is 0 Å². The Balaban J connectivity index is 0.000000603. The number of hydrogen-bond donors (Lipinski definition) is 1. The third kappa shape index (κ3) is 7.28. The van der Waals surface area contributed by atoms with Gasteiger partial charge in [0.15, 0.2) is 5.76 Å². The normalized spacial score (nSPS) is 15.0. The number of aliphatic hydroxyl groups is 1. The van der Waals surface area contributed by atoms with E-state index < -0.39 is 0 Å². The third-order valence-electron chi connectivity index (χ3n) is 5.63. The fraction of sp³-hybridized carbons (Fsp3) is 0.188. The van der Waals surface area contributed by atoms with Crippen molar-refractivity contribution in [3.8, 4) is 11.8 Å². The summed E-state index contributed by atoms with van der Waals surface area (Å²) in [5, 5.41) is 11.2. The van der Waals surface area contributed by atoms with Crippen LogP contribution in [0, 0.1) is 117 Å². The number of rotatable bonds is 2. The molecule has 2 aliphatic rings. The molecule has 0 saturated heterocycles. The molecule has 0 atom stereocenters. The second-order valence-corrected chi connectivity index (χ2v) is 8.66. The molecular formula is C32H32FeO+2. The van der Waals surface area contributed by atoms with Gasteiger partial charge in [0.25, 0.3) is 0 Å². The molecule has 0 amide bonds. The van der Waals surface area contributed by atoms with Crippen molar-refractivity contribution in [2.45, 2.75) is 41.5 Å². The summed E-state index contributed by atoms with van der Waals surface area (Å²) >= 11 is 0. The summed E-state index contributed by atoms with van der Waals surface area (Å²) in [4.78, 5) is 0. The summed E-state index contributed by atoms with van der Waals surface area (Å²) in [5.74, 6) is 7.11. The first-order valence-electron chi connectivity index (χ1n) is 11.3. The van der Waals surface area contributed by atoms with Gasteiger partial charge in [0.2, 0.25) is 0 Å². The van der Waals surface area contributed by atoms with Gasteiger partial charge in [0.05, 0.1) is 5.92 Å². The maximum Gasteiger partial charge on any atom is 2.00 e. The molecule has 0 heterocycles. The van der Waals surface area contributed by atoms with Crippen molar-refractivity contribution in [1.82, 2.24) is 0 Å². The van der Waals surface area contributed by atoms with Crippen LogP contribution in [0.25, 0.3) is 5.57 Å². The van der Waals surface area contributed by atoms with E-state index in [0.717, 1.165) is 44.9 Å². The summed E-state index contributed by atoms with van der Waals surface area (Å²) in [6.45, 7) is 12.6. The molecule has 4 rings (SSSR count). The van der Waals surface area contributed by atoms with E-state index in [9.17, 15) is 5.11 Å². The Morgan fingerprint density at radius 2 is 0.941 bits per heavy atom. The molecule has 2 aromatic rings. The largest absolute Gasteiger partial charge is 2.00 e. The van der Waals surface area contributed by atoms with Crippen LogP contribution in [0.2, 0.25) is 0 Å². The van der Waals surface area contributed by atoms with Gasteiger partial charge in [-0.05, 0) is 139 Å². The van der Waals surface area contributed by atoms with Crippen molar-refractivity contribution >= 4 is 5.57 Å². The molecule has 2 aliphatic carbocycles. The van der Waals surface area contributed by atoms with Gasteiger partial charge >= 0.3 is 17.1 Å². The smallest absolute Gasteiger partial charge is 0.500 e. The van der Waals surface area contributed by atoms with E-state index in [1.807, 2.05) is 57.8 Å². The van der Waals surface area contributed by atoms with Crippen LogP contribution in [0.4, 0.5) is 0 Å². The molecule has 0 spiro atoms. The summed E-state index contributed by atoms with van der Waals surface area (Å²) in [6, 6.07) is 8.66.